The van der Waals surface area contributed by atoms with Crippen molar-refractivity contribution in [1.29, 1.82) is 5.26 Å². The number of amides is 1. The van der Waals surface area contributed by atoms with Gasteiger partial charge in [-0.25, -0.2) is 0 Å². The topological polar surface area (TPSA) is 107 Å². The van der Waals surface area contributed by atoms with Gasteiger partial charge in [0.1, 0.15) is 18.2 Å². The summed E-state index contributed by atoms with van der Waals surface area (Å²) in [5.41, 5.74) is 3.21. The average Bonchev–Trinajstić information content (AvgIpc) is 3.93. The van der Waals surface area contributed by atoms with Gasteiger partial charge in [-0.2, -0.15) is 15.2 Å². The first-order chi connectivity index (χ1) is 23.5. The minimum atomic E-state index is -0.251. The minimum Gasteiger partial charge on any atom is -0.467 e. The van der Waals surface area contributed by atoms with Crippen LogP contribution in [0.2, 0.25) is 0 Å². The number of aromatic nitrogens is 2. The van der Waals surface area contributed by atoms with Gasteiger partial charge in [0.25, 0.3) is 0 Å². The van der Waals surface area contributed by atoms with Crippen molar-refractivity contribution in [1.82, 2.24) is 19.8 Å². The molecule has 0 bridgehead atoms. The first-order valence-corrected chi connectivity index (χ1v) is 17.2. The maximum atomic E-state index is 12.7. The minimum absolute atomic E-state index is 0.0853. The Kier molecular flexibility index (Phi) is 9.37. The van der Waals surface area contributed by atoms with E-state index >= 15 is 0 Å². The van der Waals surface area contributed by atoms with Crippen LogP contribution in [-0.4, -0.2) is 97.0 Å². The molecule has 1 saturated carbocycles. The van der Waals surface area contributed by atoms with Gasteiger partial charge in [0.05, 0.1) is 36.3 Å². The van der Waals surface area contributed by atoms with Crippen molar-refractivity contribution in [2.45, 2.75) is 63.1 Å². The van der Waals surface area contributed by atoms with E-state index in [0.717, 1.165) is 78.2 Å². The van der Waals surface area contributed by atoms with Gasteiger partial charge in [-0.3, -0.25) is 9.69 Å². The van der Waals surface area contributed by atoms with Crippen LogP contribution in [0.3, 0.4) is 0 Å². The molecule has 1 atom stereocenters. The first kappa shape index (κ1) is 32.2. The molecule has 1 amide bonds. The molecule has 4 heterocycles. The van der Waals surface area contributed by atoms with E-state index in [0.29, 0.717) is 38.8 Å². The van der Waals surface area contributed by atoms with Crippen molar-refractivity contribution in [3.05, 3.63) is 60.3 Å². The Bertz CT molecular complexity index is 1700. The Hall–Kier alpha value is -4.40. The normalized spacial score (nSPS) is 20.6. The molecule has 4 aliphatic rings. The molecule has 2 saturated heterocycles. The zero-order chi connectivity index (χ0) is 33.1. The second-order valence-corrected chi connectivity index (χ2v) is 13.4. The molecule has 3 aromatic rings. The van der Waals surface area contributed by atoms with Gasteiger partial charge in [-0.05, 0) is 62.7 Å². The Balaban J connectivity index is 1.21. The van der Waals surface area contributed by atoms with Crippen molar-refractivity contribution >= 4 is 28.2 Å². The molecule has 1 aromatic heterocycles. The van der Waals surface area contributed by atoms with E-state index in [-0.39, 0.29) is 30.7 Å². The maximum absolute atomic E-state index is 12.7. The van der Waals surface area contributed by atoms with Crippen molar-refractivity contribution in [2.75, 3.05) is 69.6 Å². The molecular formula is C37H45N7O4. The van der Waals surface area contributed by atoms with Crippen molar-refractivity contribution in [3.8, 4) is 17.8 Å². The number of benzene rings is 2. The number of rotatable bonds is 11. The summed E-state index contributed by atoms with van der Waals surface area (Å²) in [5, 5.41) is 11.9. The number of piperidine rings is 1. The predicted octanol–water partition coefficient (Wildman–Crippen LogP) is 4.69. The highest BCUT2D eigenvalue weighted by Crippen LogP contribution is 2.44. The van der Waals surface area contributed by atoms with Crippen LogP contribution in [0, 0.1) is 11.3 Å². The fourth-order valence-corrected chi connectivity index (χ4v) is 7.65. The van der Waals surface area contributed by atoms with Crippen LogP contribution in [0.15, 0.2) is 49.1 Å². The molecule has 0 spiro atoms. The Morgan fingerprint density at radius 2 is 1.90 bits per heavy atom. The number of methoxy groups -OCH3 is 1. The molecule has 0 N–H and O–H groups in total. The van der Waals surface area contributed by atoms with E-state index in [9.17, 15) is 10.1 Å². The molecule has 3 aliphatic heterocycles. The maximum Gasteiger partial charge on any atom is 0.318 e. The van der Waals surface area contributed by atoms with Crippen LogP contribution in [0.1, 0.15) is 49.8 Å². The highest BCUT2D eigenvalue weighted by molar-refractivity contribution is 5.96. The van der Waals surface area contributed by atoms with E-state index in [4.69, 9.17) is 24.2 Å². The monoisotopic (exact) mass is 651 g/mol. The molecule has 3 fully saturated rings. The number of piperazine rings is 1. The van der Waals surface area contributed by atoms with Crippen LogP contribution < -0.4 is 19.3 Å². The number of carbonyl (C=O) groups is 1. The molecule has 0 radical (unpaired) electrons. The van der Waals surface area contributed by atoms with Gasteiger partial charge >= 0.3 is 6.01 Å². The van der Waals surface area contributed by atoms with Gasteiger partial charge in [0.2, 0.25) is 5.91 Å². The molecule has 0 unspecified atom stereocenters. The number of likely N-dealkylation sites (tertiary alicyclic amines) is 1. The molecule has 48 heavy (non-hydrogen) atoms. The molecule has 11 nitrogen and oxygen atoms in total. The Labute approximate surface area is 282 Å². The summed E-state index contributed by atoms with van der Waals surface area (Å²) in [6.45, 7) is 9.68. The van der Waals surface area contributed by atoms with Crippen molar-refractivity contribution in [3.63, 3.8) is 0 Å². The fourth-order valence-electron chi connectivity index (χ4n) is 7.65. The zero-order valence-electron chi connectivity index (χ0n) is 27.9. The summed E-state index contributed by atoms with van der Waals surface area (Å²) in [4.78, 5) is 31.8. The largest absolute Gasteiger partial charge is 0.467 e. The number of hydrogen-bond donors (Lipinski definition) is 0. The number of carbonyl (C=O) groups excluding carboxylic acids is 1. The first-order valence-electron chi connectivity index (χ1n) is 17.2. The summed E-state index contributed by atoms with van der Waals surface area (Å²) in [7, 11) is 1.62. The lowest BCUT2D eigenvalue weighted by molar-refractivity contribution is -0.128. The summed E-state index contributed by atoms with van der Waals surface area (Å²) in [6.07, 6.45) is 8.40. The number of anilines is 2. The molecule has 1 aliphatic carbocycles. The third-order valence-corrected chi connectivity index (χ3v) is 10.4. The van der Waals surface area contributed by atoms with Crippen LogP contribution in [0.5, 0.6) is 11.8 Å². The standard InChI is InChI=1S/C37H45N7O4/c1-3-34(45)44-20-19-42(23-28(44)11-15-38)35-31-12-18-41(33-22-29(48-26-46-2)21-27-9-5-6-10-30(27)33)24-32(31)39-36(40-35)47-25-37(13-14-37)43-16-7-4-8-17-43/h3,5-6,9-10,21-22,28H,1,4,7-8,11-14,16-20,23-26H2,2H3/t28-/m0/s1. The number of nitriles is 1. The third kappa shape index (κ3) is 6.51. The Morgan fingerprint density at radius 1 is 1.06 bits per heavy atom. The van der Waals surface area contributed by atoms with Crippen LogP contribution in [0.25, 0.3) is 10.8 Å². The van der Waals surface area contributed by atoms with E-state index in [1.54, 1.807) is 12.0 Å². The van der Waals surface area contributed by atoms with Crippen LogP contribution in [-0.2, 0) is 22.5 Å². The summed E-state index contributed by atoms with van der Waals surface area (Å²) >= 11 is 0. The van der Waals surface area contributed by atoms with Crippen molar-refractivity contribution in [2.24, 2.45) is 0 Å². The number of hydrogen-bond acceptors (Lipinski definition) is 10. The molecular weight excluding hydrogens is 606 g/mol. The van der Waals surface area contributed by atoms with E-state index in [1.165, 1.54) is 25.3 Å². The summed E-state index contributed by atoms with van der Waals surface area (Å²) in [6, 6.07) is 14.9. The lowest BCUT2D eigenvalue weighted by atomic mass is 10.0. The van der Waals surface area contributed by atoms with Crippen LogP contribution in [0.4, 0.5) is 11.5 Å². The van der Waals surface area contributed by atoms with Gasteiger partial charge in [0.15, 0.2) is 6.79 Å². The van der Waals surface area contributed by atoms with E-state index in [1.807, 2.05) is 12.1 Å². The number of ether oxygens (including phenoxy) is 3. The second-order valence-electron chi connectivity index (χ2n) is 13.4. The number of nitrogens with zero attached hydrogens (tertiary/aromatic N) is 7. The van der Waals surface area contributed by atoms with E-state index in [2.05, 4.69) is 51.6 Å². The van der Waals surface area contributed by atoms with Gasteiger partial charge in [-0.15, -0.1) is 0 Å². The summed E-state index contributed by atoms with van der Waals surface area (Å²) in [5.74, 6) is 1.47. The molecule has 11 heteroatoms. The van der Waals surface area contributed by atoms with E-state index < -0.39 is 0 Å². The SMILES string of the molecule is C=CC(=O)N1CCN(c2nc(OCC3(N4CCCCC4)CC3)nc3c2CCN(c2cc(OCOC)cc4ccccc24)C3)C[C@@H]1CC#N. The average molecular weight is 652 g/mol. The van der Waals surface area contributed by atoms with Gasteiger partial charge in [-0.1, -0.05) is 37.3 Å². The van der Waals surface area contributed by atoms with Gasteiger partial charge in [0, 0.05) is 56.0 Å². The smallest absolute Gasteiger partial charge is 0.318 e. The van der Waals surface area contributed by atoms with Gasteiger partial charge < -0.3 is 28.9 Å². The lowest BCUT2D eigenvalue weighted by Gasteiger charge is -2.42. The lowest BCUT2D eigenvalue weighted by Crippen LogP contribution is -2.55. The second kappa shape index (κ2) is 14.0. The summed E-state index contributed by atoms with van der Waals surface area (Å²) < 4.78 is 17.6. The Morgan fingerprint density at radius 3 is 2.67 bits per heavy atom. The number of fused-ring (bicyclic) bond motifs is 2. The zero-order valence-corrected chi connectivity index (χ0v) is 27.9. The molecule has 7 rings (SSSR count). The van der Waals surface area contributed by atoms with Crippen LogP contribution >= 0.6 is 0 Å². The molecule has 252 valence electrons. The van der Waals surface area contributed by atoms with Crippen molar-refractivity contribution < 1.29 is 19.0 Å². The highest BCUT2D eigenvalue weighted by atomic mass is 16.7. The highest BCUT2D eigenvalue weighted by Gasteiger charge is 2.49. The predicted molar refractivity (Wildman–Crippen MR) is 184 cm³/mol. The quantitative estimate of drug-likeness (QED) is 0.214. The fraction of sp³-hybridized carbons (Fsp3) is 0.514. The molecule has 2 aromatic carbocycles. The third-order valence-electron chi connectivity index (χ3n) is 10.4.